The van der Waals surface area contributed by atoms with Crippen LogP contribution in [-0.2, 0) is 0 Å². The van der Waals surface area contributed by atoms with Gasteiger partial charge in [0.25, 0.3) is 11.6 Å². The van der Waals surface area contributed by atoms with Crippen molar-refractivity contribution in [1.29, 1.82) is 0 Å². The zero-order valence-corrected chi connectivity index (χ0v) is 12.5. The second kappa shape index (κ2) is 6.00. The van der Waals surface area contributed by atoms with Crippen LogP contribution in [-0.4, -0.2) is 22.6 Å². The number of fused-ring (bicyclic) bond motifs is 1. The quantitative estimate of drug-likeness (QED) is 0.751. The molecule has 1 amide bonds. The Hall–Kier alpha value is -3.02. The van der Waals surface area contributed by atoms with Gasteiger partial charge in [-0.3, -0.25) is 4.79 Å². The standard InChI is InChI=1S/C17H14FN3O2/c1-3-8-19-16(22)13-9-14(11-4-6-12(18)7-5-11)20-17-15(13)10(2)21-23-17/h3-7,9H,1,8H2,2H3,(H,19,22). The van der Waals surface area contributed by atoms with Gasteiger partial charge in [0.05, 0.1) is 22.3 Å². The van der Waals surface area contributed by atoms with Crippen molar-refractivity contribution in [3.8, 4) is 11.3 Å². The summed E-state index contributed by atoms with van der Waals surface area (Å²) in [5.41, 5.74) is 2.46. The Kier molecular flexibility index (Phi) is 3.89. The highest BCUT2D eigenvalue weighted by molar-refractivity contribution is 6.07. The van der Waals surface area contributed by atoms with E-state index < -0.39 is 0 Å². The van der Waals surface area contributed by atoms with Gasteiger partial charge < -0.3 is 9.84 Å². The number of carbonyl (C=O) groups excluding carboxylic acids is 1. The zero-order chi connectivity index (χ0) is 16.4. The first-order valence-electron chi connectivity index (χ1n) is 7.02. The Morgan fingerprint density at radius 2 is 2.13 bits per heavy atom. The van der Waals surface area contributed by atoms with Crippen LogP contribution in [0.4, 0.5) is 4.39 Å². The minimum atomic E-state index is -0.339. The fourth-order valence-electron chi connectivity index (χ4n) is 2.30. The number of hydrogen-bond donors (Lipinski definition) is 1. The average Bonchev–Trinajstić information content (AvgIpc) is 2.94. The summed E-state index contributed by atoms with van der Waals surface area (Å²) >= 11 is 0. The Morgan fingerprint density at radius 3 is 2.83 bits per heavy atom. The topological polar surface area (TPSA) is 68.0 Å². The molecule has 0 atom stereocenters. The second-order valence-corrected chi connectivity index (χ2v) is 5.01. The number of nitrogens with zero attached hydrogens (tertiary/aromatic N) is 2. The van der Waals surface area contributed by atoms with Gasteiger partial charge in [0, 0.05) is 12.1 Å². The molecule has 6 heteroatoms. The van der Waals surface area contributed by atoms with Gasteiger partial charge in [0.2, 0.25) is 0 Å². The van der Waals surface area contributed by atoms with Crippen LogP contribution in [0.1, 0.15) is 16.1 Å². The molecule has 1 N–H and O–H groups in total. The number of amides is 1. The Balaban J connectivity index is 2.16. The lowest BCUT2D eigenvalue weighted by molar-refractivity contribution is 0.0959. The van der Waals surface area contributed by atoms with E-state index in [-0.39, 0.29) is 17.4 Å². The maximum Gasteiger partial charge on any atom is 0.259 e. The first-order chi connectivity index (χ1) is 11.1. The molecule has 116 valence electrons. The number of aryl methyl sites for hydroxylation is 1. The van der Waals surface area contributed by atoms with Gasteiger partial charge in [0.15, 0.2) is 0 Å². The summed E-state index contributed by atoms with van der Waals surface area (Å²) < 4.78 is 18.3. The molecule has 0 fully saturated rings. The normalized spacial score (nSPS) is 10.7. The average molecular weight is 311 g/mol. The molecule has 0 saturated heterocycles. The van der Waals surface area contributed by atoms with Gasteiger partial charge in [-0.25, -0.2) is 9.37 Å². The molecule has 0 aliphatic rings. The first kappa shape index (κ1) is 14.9. The number of hydrogen-bond acceptors (Lipinski definition) is 4. The van der Waals surface area contributed by atoms with Crippen LogP contribution in [0.3, 0.4) is 0 Å². The maximum atomic E-state index is 13.1. The molecule has 5 nitrogen and oxygen atoms in total. The van der Waals surface area contributed by atoms with Gasteiger partial charge in [-0.2, -0.15) is 0 Å². The summed E-state index contributed by atoms with van der Waals surface area (Å²) in [5.74, 6) is -0.610. The molecule has 0 spiro atoms. The maximum absolute atomic E-state index is 13.1. The van der Waals surface area contributed by atoms with Gasteiger partial charge in [-0.05, 0) is 37.3 Å². The van der Waals surface area contributed by atoms with Gasteiger partial charge >= 0.3 is 0 Å². The predicted molar refractivity (Wildman–Crippen MR) is 84.5 cm³/mol. The van der Waals surface area contributed by atoms with E-state index in [1.807, 2.05) is 0 Å². The highest BCUT2D eigenvalue weighted by Crippen LogP contribution is 2.27. The number of benzene rings is 1. The number of pyridine rings is 1. The third kappa shape index (κ3) is 2.83. The van der Waals surface area contributed by atoms with E-state index in [0.29, 0.717) is 34.4 Å². The van der Waals surface area contributed by atoms with Crippen molar-refractivity contribution in [2.24, 2.45) is 0 Å². The van der Waals surface area contributed by atoms with Crippen LogP contribution in [0.2, 0.25) is 0 Å². The van der Waals surface area contributed by atoms with Gasteiger partial charge in [0.1, 0.15) is 5.82 Å². The molecule has 23 heavy (non-hydrogen) atoms. The van der Waals surface area contributed by atoms with Crippen LogP contribution >= 0.6 is 0 Å². The number of nitrogens with one attached hydrogen (secondary N) is 1. The minimum Gasteiger partial charge on any atom is -0.349 e. The monoisotopic (exact) mass is 311 g/mol. The fraction of sp³-hybridized carbons (Fsp3) is 0.118. The van der Waals surface area contributed by atoms with Gasteiger partial charge in [-0.15, -0.1) is 6.58 Å². The van der Waals surface area contributed by atoms with E-state index >= 15 is 0 Å². The van der Waals surface area contributed by atoms with Crippen LogP contribution in [0.25, 0.3) is 22.4 Å². The molecule has 3 aromatic rings. The Morgan fingerprint density at radius 1 is 1.39 bits per heavy atom. The summed E-state index contributed by atoms with van der Waals surface area (Å²) in [7, 11) is 0. The summed E-state index contributed by atoms with van der Waals surface area (Å²) in [6.07, 6.45) is 1.59. The van der Waals surface area contributed by atoms with Crippen LogP contribution in [0.15, 0.2) is 47.5 Å². The smallest absolute Gasteiger partial charge is 0.259 e. The lowest BCUT2D eigenvalue weighted by Crippen LogP contribution is -2.23. The Bertz CT molecular complexity index is 885. The Labute approximate surface area is 131 Å². The molecule has 1 aromatic carbocycles. The van der Waals surface area contributed by atoms with E-state index in [2.05, 4.69) is 22.0 Å². The molecule has 2 aromatic heterocycles. The summed E-state index contributed by atoms with van der Waals surface area (Å²) in [6.45, 7) is 5.67. The van der Waals surface area contributed by atoms with Crippen LogP contribution in [0, 0.1) is 12.7 Å². The second-order valence-electron chi connectivity index (χ2n) is 5.01. The largest absolute Gasteiger partial charge is 0.349 e. The third-order valence-corrected chi connectivity index (χ3v) is 3.41. The SMILES string of the molecule is C=CCNC(=O)c1cc(-c2ccc(F)cc2)nc2onc(C)c12. The third-order valence-electron chi connectivity index (χ3n) is 3.41. The van der Waals surface area contributed by atoms with Crippen molar-refractivity contribution in [3.05, 3.63) is 60.1 Å². The molecule has 3 rings (SSSR count). The summed E-state index contributed by atoms with van der Waals surface area (Å²) in [5, 5.41) is 7.17. The summed E-state index contributed by atoms with van der Waals surface area (Å²) in [4.78, 5) is 16.8. The van der Waals surface area contributed by atoms with Crippen molar-refractivity contribution in [2.45, 2.75) is 6.92 Å². The van der Waals surface area contributed by atoms with Crippen molar-refractivity contribution < 1.29 is 13.7 Å². The van der Waals surface area contributed by atoms with E-state index in [4.69, 9.17) is 4.52 Å². The van der Waals surface area contributed by atoms with Gasteiger partial charge in [-0.1, -0.05) is 11.2 Å². The molecule has 0 saturated carbocycles. The zero-order valence-electron chi connectivity index (χ0n) is 12.5. The van der Waals surface area contributed by atoms with E-state index in [1.165, 1.54) is 12.1 Å². The fourth-order valence-corrected chi connectivity index (χ4v) is 2.30. The molecule has 0 unspecified atom stereocenters. The molecule has 2 heterocycles. The molecular weight excluding hydrogens is 297 g/mol. The number of carbonyl (C=O) groups is 1. The molecular formula is C17H14FN3O2. The molecule has 0 aliphatic carbocycles. The van der Waals surface area contributed by atoms with Crippen molar-refractivity contribution in [2.75, 3.05) is 6.54 Å². The van der Waals surface area contributed by atoms with E-state index in [9.17, 15) is 9.18 Å². The molecule has 0 aliphatic heterocycles. The molecule has 0 bridgehead atoms. The van der Waals surface area contributed by atoms with E-state index in [1.54, 1.807) is 31.2 Å². The van der Waals surface area contributed by atoms with E-state index in [0.717, 1.165) is 0 Å². The summed E-state index contributed by atoms with van der Waals surface area (Å²) in [6, 6.07) is 7.52. The van der Waals surface area contributed by atoms with Crippen molar-refractivity contribution >= 4 is 17.0 Å². The first-order valence-corrected chi connectivity index (χ1v) is 7.02. The lowest BCUT2D eigenvalue weighted by atomic mass is 10.1. The number of halogens is 1. The predicted octanol–water partition coefficient (Wildman–Crippen LogP) is 3.25. The minimum absolute atomic E-state index is 0.271. The highest BCUT2D eigenvalue weighted by atomic mass is 19.1. The van der Waals surface area contributed by atoms with Crippen molar-refractivity contribution in [1.82, 2.24) is 15.5 Å². The number of rotatable bonds is 4. The number of aromatic nitrogens is 2. The van der Waals surface area contributed by atoms with Crippen LogP contribution in [0.5, 0.6) is 0 Å². The lowest BCUT2D eigenvalue weighted by Gasteiger charge is -2.07. The molecule has 0 radical (unpaired) electrons. The van der Waals surface area contributed by atoms with Crippen molar-refractivity contribution in [3.63, 3.8) is 0 Å². The van der Waals surface area contributed by atoms with Crippen LogP contribution < -0.4 is 5.32 Å². The highest BCUT2D eigenvalue weighted by Gasteiger charge is 2.18.